The van der Waals surface area contributed by atoms with Crippen LogP contribution in [0.25, 0.3) is 0 Å². The Bertz CT molecular complexity index is 293. The molecule has 90 valence electrons. The van der Waals surface area contributed by atoms with Gasteiger partial charge in [0, 0.05) is 25.5 Å². The molecule has 0 saturated heterocycles. The Morgan fingerprint density at radius 2 is 1.94 bits per heavy atom. The van der Waals surface area contributed by atoms with E-state index in [9.17, 15) is 5.11 Å². The summed E-state index contributed by atoms with van der Waals surface area (Å²) in [7, 11) is 0. The topological polar surface area (TPSA) is 36.4 Å². The number of pyridine rings is 1. The average Bonchev–Trinajstić information content (AvgIpc) is 2.24. The Morgan fingerprint density at radius 3 is 2.44 bits per heavy atom. The highest BCUT2D eigenvalue weighted by molar-refractivity contribution is 5.09. The molecule has 1 N–H and O–H groups in total. The lowest BCUT2D eigenvalue weighted by molar-refractivity contribution is 0.0382. The van der Waals surface area contributed by atoms with Gasteiger partial charge in [-0.15, -0.1) is 0 Å². The molecule has 0 saturated carbocycles. The van der Waals surface area contributed by atoms with E-state index in [-0.39, 0.29) is 0 Å². The van der Waals surface area contributed by atoms with Crippen molar-refractivity contribution >= 4 is 0 Å². The van der Waals surface area contributed by atoms with Crippen molar-refractivity contribution in [2.45, 2.75) is 32.8 Å². The van der Waals surface area contributed by atoms with Crippen molar-refractivity contribution in [2.75, 3.05) is 19.6 Å². The van der Waals surface area contributed by atoms with Crippen LogP contribution >= 0.6 is 0 Å². The van der Waals surface area contributed by atoms with Crippen molar-refractivity contribution in [3.63, 3.8) is 0 Å². The van der Waals surface area contributed by atoms with Gasteiger partial charge in [0.1, 0.15) is 0 Å². The summed E-state index contributed by atoms with van der Waals surface area (Å²) >= 11 is 0. The van der Waals surface area contributed by atoms with Gasteiger partial charge in [-0.25, -0.2) is 0 Å². The van der Waals surface area contributed by atoms with E-state index < -0.39 is 5.60 Å². The normalized spacial score (nSPS) is 12.1. The van der Waals surface area contributed by atoms with Crippen LogP contribution in [0.4, 0.5) is 0 Å². The molecule has 0 aliphatic rings. The van der Waals surface area contributed by atoms with E-state index in [1.54, 1.807) is 0 Å². The number of rotatable bonds is 6. The Kier molecular flexibility index (Phi) is 4.90. The third-order valence-corrected chi connectivity index (χ3v) is 2.52. The molecule has 1 heterocycles. The van der Waals surface area contributed by atoms with Gasteiger partial charge in [0.05, 0.1) is 5.60 Å². The highest BCUT2D eigenvalue weighted by Gasteiger charge is 2.16. The van der Waals surface area contributed by atoms with E-state index in [1.165, 1.54) is 5.56 Å². The summed E-state index contributed by atoms with van der Waals surface area (Å²) in [6, 6.07) is 4.08. The second kappa shape index (κ2) is 5.97. The van der Waals surface area contributed by atoms with E-state index in [1.807, 2.05) is 38.4 Å². The van der Waals surface area contributed by atoms with Crippen molar-refractivity contribution in [2.24, 2.45) is 0 Å². The van der Waals surface area contributed by atoms with Crippen LogP contribution in [-0.2, 0) is 6.42 Å². The minimum absolute atomic E-state index is 0.617. The Labute approximate surface area is 98.1 Å². The van der Waals surface area contributed by atoms with Gasteiger partial charge in [-0.05, 0) is 44.5 Å². The number of aliphatic hydroxyl groups is 1. The van der Waals surface area contributed by atoms with Crippen LogP contribution in [0.3, 0.4) is 0 Å². The molecule has 1 aromatic rings. The van der Waals surface area contributed by atoms with Gasteiger partial charge >= 0.3 is 0 Å². The van der Waals surface area contributed by atoms with Crippen LogP contribution in [-0.4, -0.2) is 40.2 Å². The fraction of sp³-hybridized carbons (Fsp3) is 0.615. The van der Waals surface area contributed by atoms with Crippen molar-refractivity contribution in [1.29, 1.82) is 0 Å². The molecule has 3 heteroatoms. The summed E-state index contributed by atoms with van der Waals surface area (Å²) in [6.07, 6.45) is 4.65. The summed E-state index contributed by atoms with van der Waals surface area (Å²) < 4.78 is 0. The smallest absolute Gasteiger partial charge is 0.0718 e. The van der Waals surface area contributed by atoms with Crippen molar-refractivity contribution in [3.05, 3.63) is 30.1 Å². The van der Waals surface area contributed by atoms with Crippen molar-refractivity contribution in [1.82, 2.24) is 9.88 Å². The standard InChI is InChI=1S/C13H22N2O/c1-4-15(11-13(2,3)16)10-7-12-5-8-14-9-6-12/h5-6,8-9,16H,4,7,10-11H2,1-3H3. The minimum Gasteiger partial charge on any atom is -0.389 e. The number of aromatic nitrogens is 1. The second-order valence-electron chi connectivity index (χ2n) is 4.79. The zero-order chi connectivity index (χ0) is 12.0. The van der Waals surface area contributed by atoms with Gasteiger partial charge in [-0.1, -0.05) is 6.92 Å². The zero-order valence-corrected chi connectivity index (χ0v) is 10.5. The maximum atomic E-state index is 9.76. The molecule has 0 bridgehead atoms. The first kappa shape index (κ1) is 13.1. The van der Waals surface area contributed by atoms with E-state index in [0.29, 0.717) is 6.54 Å². The fourth-order valence-electron chi connectivity index (χ4n) is 1.73. The molecule has 0 unspecified atom stereocenters. The van der Waals surface area contributed by atoms with E-state index in [0.717, 1.165) is 19.5 Å². The maximum absolute atomic E-state index is 9.76. The van der Waals surface area contributed by atoms with Crippen LogP contribution in [0.5, 0.6) is 0 Å². The largest absolute Gasteiger partial charge is 0.389 e. The number of hydrogen-bond donors (Lipinski definition) is 1. The monoisotopic (exact) mass is 222 g/mol. The SMILES string of the molecule is CCN(CCc1ccncc1)CC(C)(C)O. The Hall–Kier alpha value is -0.930. The second-order valence-corrected chi connectivity index (χ2v) is 4.79. The van der Waals surface area contributed by atoms with Gasteiger partial charge in [0.2, 0.25) is 0 Å². The number of hydrogen-bond acceptors (Lipinski definition) is 3. The van der Waals surface area contributed by atoms with E-state index in [4.69, 9.17) is 0 Å². The Balaban J connectivity index is 2.40. The molecule has 3 nitrogen and oxygen atoms in total. The summed E-state index contributed by atoms with van der Waals surface area (Å²) in [5, 5.41) is 9.76. The predicted octanol–water partition coefficient (Wildman–Crippen LogP) is 1.72. The van der Waals surface area contributed by atoms with E-state index in [2.05, 4.69) is 16.8 Å². The molecular weight excluding hydrogens is 200 g/mol. The lowest BCUT2D eigenvalue weighted by Gasteiger charge is -2.27. The molecular formula is C13H22N2O. The van der Waals surface area contributed by atoms with Crippen LogP contribution in [0.1, 0.15) is 26.3 Å². The molecule has 16 heavy (non-hydrogen) atoms. The zero-order valence-electron chi connectivity index (χ0n) is 10.5. The van der Waals surface area contributed by atoms with Gasteiger partial charge < -0.3 is 10.0 Å². The first-order valence-electron chi connectivity index (χ1n) is 5.85. The number of likely N-dealkylation sites (N-methyl/N-ethyl adjacent to an activating group) is 1. The van der Waals surface area contributed by atoms with Crippen LogP contribution < -0.4 is 0 Å². The predicted molar refractivity (Wildman–Crippen MR) is 66.4 cm³/mol. The molecule has 0 spiro atoms. The molecule has 0 aliphatic carbocycles. The van der Waals surface area contributed by atoms with Gasteiger partial charge in [0.25, 0.3) is 0 Å². The van der Waals surface area contributed by atoms with Crippen LogP contribution in [0.15, 0.2) is 24.5 Å². The number of nitrogens with zero attached hydrogens (tertiary/aromatic N) is 2. The molecule has 0 fully saturated rings. The maximum Gasteiger partial charge on any atom is 0.0718 e. The third kappa shape index (κ3) is 5.24. The minimum atomic E-state index is -0.617. The summed E-state index contributed by atoms with van der Waals surface area (Å²) in [5.74, 6) is 0. The van der Waals surface area contributed by atoms with Crippen LogP contribution in [0, 0.1) is 0 Å². The lowest BCUT2D eigenvalue weighted by Crippen LogP contribution is -2.39. The first-order chi connectivity index (χ1) is 7.51. The van der Waals surface area contributed by atoms with Gasteiger partial charge in [0.15, 0.2) is 0 Å². The summed E-state index contributed by atoms with van der Waals surface area (Å²) in [5.41, 5.74) is 0.679. The first-order valence-corrected chi connectivity index (χ1v) is 5.85. The highest BCUT2D eigenvalue weighted by Crippen LogP contribution is 2.06. The van der Waals surface area contributed by atoms with Gasteiger partial charge in [-0.3, -0.25) is 4.98 Å². The summed E-state index contributed by atoms with van der Waals surface area (Å²) in [6.45, 7) is 8.48. The quantitative estimate of drug-likeness (QED) is 0.796. The molecule has 1 rings (SSSR count). The van der Waals surface area contributed by atoms with E-state index >= 15 is 0 Å². The molecule has 1 aromatic heterocycles. The highest BCUT2D eigenvalue weighted by atomic mass is 16.3. The summed E-state index contributed by atoms with van der Waals surface area (Å²) in [4.78, 5) is 6.26. The van der Waals surface area contributed by atoms with Crippen LogP contribution in [0.2, 0.25) is 0 Å². The molecule has 0 amide bonds. The molecule has 0 aliphatic heterocycles. The average molecular weight is 222 g/mol. The van der Waals surface area contributed by atoms with Crippen molar-refractivity contribution < 1.29 is 5.11 Å². The molecule has 0 atom stereocenters. The molecule has 0 aromatic carbocycles. The van der Waals surface area contributed by atoms with Crippen molar-refractivity contribution in [3.8, 4) is 0 Å². The van der Waals surface area contributed by atoms with Gasteiger partial charge in [-0.2, -0.15) is 0 Å². The lowest BCUT2D eigenvalue weighted by atomic mass is 10.1. The molecule has 0 radical (unpaired) electrons. The third-order valence-electron chi connectivity index (χ3n) is 2.52. The fourth-order valence-corrected chi connectivity index (χ4v) is 1.73. The Morgan fingerprint density at radius 1 is 1.31 bits per heavy atom.